The van der Waals surface area contributed by atoms with Gasteiger partial charge < -0.3 is 10.1 Å². The molecule has 1 amide bonds. The molecule has 0 unspecified atom stereocenters. The average Bonchev–Trinajstić information content (AvgIpc) is 2.85. The summed E-state index contributed by atoms with van der Waals surface area (Å²) in [5.41, 5.74) is 0.413. The Balaban J connectivity index is 1.62. The number of nitrogens with one attached hydrogen (secondary N) is 1. The Morgan fingerprint density at radius 1 is 1.18 bits per heavy atom. The zero-order chi connectivity index (χ0) is 24.4. The summed E-state index contributed by atoms with van der Waals surface area (Å²) in [5, 5.41) is 3.24. The largest absolute Gasteiger partial charge is 0.481 e. The van der Waals surface area contributed by atoms with Gasteiger partial charge >= 0.3 is 5.69 Å². The highest BCUT2D eigenvalue weighted by Crippen LogP contribution is 2.28. The number of amides is 1. The second kappa shape index (κ2) is 9.64. The molecule has 176 valence electrons. The van der Waals surface area contributed by atoms with Crippen LogP contribution in [0.4, 0.5) is 8.78 Å². The summed E-state index contributed by atoms with van der Waals surface area (Å²) in [6.45, 7) is 0.000114. The van der Waals surface area contributed by atoms with E-state index >= 15 is 0 Å². The van der Waals surface area contributed by atoms with Crippen molar-refractivity contribution in [2.75, 3.05) is 12.9 Å². The predicted molar refractivity (Wildman–Crippen MR) is 123 cm³/mol. The van der Waals surface area contributed by atoms with Crippen LogP contribution in [0.2, 0.25) is 0 Å². The van der Waals surface area contributed by atoms with E-state index < -0.39 is 22.9 Å². The van der Waals surface area contributed by atoms with E-state index in [1.807, 2.05) is 0 Å². The van der Waals surface area contributed by atoms with Gasteiger partial charge in [-0.2, -0.15) is 0 Å². The lowest BCUT2D eigenvalue weighted by atomic mass is 10.1. The van der Waals surface area contributed by atoms with Crippen LogP contribution in [-0.2, 0) is 24.9 Å². The van der Waals surface area contributed by atoms with E-state index in [1.54, 1.807) is 18.3 Å². The van der Waals surface area contributed by atoms with Crippen LogP contribution in [0, 0.1) is 11.6 Å². The number of hydrogen-bond acceptors (Lipinski definition) is 6. The van der Waals surface area contributed by atoms with Crippen LogP contribution in [-0.4, -0.2) is 32.9 Å². The third-order valence-corrected chi connectivity index (χ3v) is 6.51. The van der Waals surface area contributed by atoms with Gasteiger partial charge in [0.05, 0.1) is 24.2 Å². The molecule has 0 radical (unpaired) electrons. The monoisotopic (exact) mass is 486 g/mol. The summed E-state index contributed by atoms with van der Waals surface area (Å²) in [6.07, 6.45) is 3.04. The first-order chi connectivity index (χ1) is 16.3. The van der Waals surface area contributed by atoms with Gasteiger partial charge in [0, 0.05) is 37.2 Å². The maximum atomic E-state index is 13.6. The Labute approximate surface area is 196 Å². The third kappa shape index (κ3) is 4.65. The number of nitrogens with zero attached hydrogens (tertiary/aromatic N) is 3. The number of hydrogen-bond donors (Lipinski definition) is 1. The van der Waals surface area contributed by atoms with Crippen molar-refractivity contribution >= 4 is 23.7 Å². The molecule has 8 nitrogen and oxygen atoms in total. The quantitative estimate of drug-likeness (QED) is 0.536. The lowest BCUT2D eigenvalue weighted by Gasteiger charge is -2.20. The standard InChI is InChI=1S/C23H20F2N4O4S/c1-28-22-16(21(31)29(23(28)32)11-14-3-4-17(24)18(25)7-14)9-15(12-34-22)20(30)27-10-13-5-6-26-19(8-13)33-2/h3-9H,10-12H2,1-2H3,(H,27,30). The van der Waals surface area contributed by atoms with Crippen LogP contribution in [0.15, 0.2) is 56.7 Å². The van der Waals surface area contributed by atoms with Crippen molar-refractivity contribution in [3.05, 3.63) is 91.3 Å². The fraction of sp³-hybridized carbons (Fsp3) is 0.217. The molecule has 3 heterocycles. The highest BCUT2D eigenvalue weighted by molar-refractivity contribution is 7.99. The Morgan fingerprint density at radius 3 is 2.71 bits per heavy atom. The Kier molecular flexibility index (Phi) is 6.64. The normalized spacial score (nSPS) is 12.6. The fourth-order valence-electron chi connectivity index (χ4n) is 3.49. The minimum atomic E-state index is -1.07. The number of aromatic nitrogens is 3. The summed E-state index contributed by atoms with van der Waals surface area (Å²) < 4.78 is 34.2. The van der Waals surface area contributed by atoms with Crippen molar-refractivity contribution in [1.29, 1.82) is 0 Å². The van der Waals surface area contributed by atoms with Crippen LogP contribution in [0.3, 0.4) is 0 Å². The molecular weight excluding hydrogens is 466 g/mol. The number of thioether (sulfide) groups is 1. The number of halogens is 2. The Morgan fingerprint density at radius 2 is 1.97 bits per heavy atom. The van der Waals surface area contributed by atoms with E-state index in [-0.39, 0.29) is 35.9 Å². The van der Waals surface area contributed by atoms with Gasteiger partial charge in [-0.05, 0) is 35.4 Å². The number of carbonyl (C=O) groups is 1. The van der Waals surface area contributed by atoms with Crippen molar-refractivity contribution in [3.63, 3.8) is 0 Å². The van der Waals surface area contributed by atoms with Crippen molar-refractivity contribution < 1.29 is 18.3 Å². The molecule has 34 heavy (non-hydrogen) atoms. The first-order valence-electron chi connectivity index (χ1n) is 10.2. The number of methoxy groups -OCH3 is 1. The van der Waals surface area contributed by atoms with Crippen LogP contribution < -0.4 is 21.3 Å². The molecule has 1 aliphatic heterocycles. The zero-order valence-electron chi connectivity index (χ0n) is 18.3. The first-order valence-corrected chi connectivity index (χ1v) is 11.1. The van der Waals surface area contributed by atoms with Crippen molar-refractivity contribution in [2.24, 2.45) is 7.05 Å². The molecule has 1 aliphatic rings. The van der Waals surface area contributed by atoms with Gasteiger partial charge in [0.1, 0.15) is 0 Å². The molecule has 0 fully saturated rings. The Hall–Kier alpha value is -3.73. The molecule has 11 heteroatoms. The predicted octanol–water partition coefficient (Wildman–Crippen LogP) is 2.08. The smallest absolute Gasteiger partial charge is 0.331 e. The van der Waals surface area contributed by atoms with Gasteiger partial charge in [-0.3, -0.25) is 18.7 Å². The molecule has 3 aromatic rings. The van der Waals surface area contributed by atoms with Crippen LogP contribution in [0.5, 0.6) is 5.88 Å². The summed E-state index contributed by atoms with van der Waals surface area (Å²) in [4.78, 5) is 42.7. The SMILES string of the molecule is COc1cc(CNC(=O)C2=Cc3c(n(C)c(=O)n(Cc4ccc(F)c(F)c4)c3=O)SC2)ccn1. The van der Waals surface area contributed by atoms with Crippen molar-refractivity contribution in [2.45, 2.75) is 18.1 Å². The van der Waals surface area contributed by atoms with Crippen molar-refractivity contribution in [3.8, 4) is 5.88 Å². The lowest BCUT2D eigenvalue weighted by Crippen LogP contribution is -2.42. The number of carbonyl (C=O) groups excluding carboxylic acids is 1. The highest BCUT2D eigenvalue weighted by atomic mass is 32.2. The van der Waals surface area contributed by atoms with E-state index in [2.05, 4.69) is 10.3 Å². The van der Waals surface area contributed by atoms with E-state index in [0.717, 1.165) is 22.3 Å². The molecule has 2 aromatic heterocycles. The number of ether oxygens (including phenoxy) is 1. The van der Waals surface area contributed by atoms with Gasteiger partial charge in [0.2, 0.25) is 11.8 Å². The highest BCUT2D eigenvalue weighted by Gasteiger charge is 2.24. The molecular formula is C23H20F2N4O4S. The molecule has 4 rings (SSSR count). The Bertz CT molecular complexity index is 1430. The summed E-state index contributed by atoms with van der Waals surface area (Å²) in [7, 11) is 3.02. The average molecular weight is 487 g/mol. The maximum absolute atomic E-state index is 13.6. The molecule has 0 saturated carbocycles. The number of fused-ring (bicyclic) bond motifs is 1. The third-order valence-electron chi connectivity index (χ3n) is 5.29. The molecule has 0 saturated heterocycles. The molecule has 1 N–H and O–H groups in total. The number of pyridine rings is 1. The summed E-state index contributed by atoms with van der Waals surface area (Å²) >= 11 is 1.21. The molecule has 0 bridgehead atoms. The first kappa shape index (κ1) is 23.4. The molecule has 0 atom stereocenters. The minimum absolute atomic E-state index is 0.191. The van der Waals surface area contributed by atoms with Gasteiger partial charge in [0.15, 0.2) is 11.6 Å². The van der Waals surface area contributed by atoms with Crippen molar-refractivity contribution in [1.82, 2.24) is 19.4 Å². The summed E-state index contributed by atoms with van der Waals surface area (Å²) in [6, 6.07) is 6.63. The maximum Gasteiger partial charge on any atom is 0.331 e. The van der Waals surface area contributed by atoms with Gasteiger partial charge in [-0.25, -0.2) is 18.6 Å². The second-order valence-corrected chi connectivity index (χ2v) is 8.51. The number of benzene rings is 1. The van der Waals surface area contributed by atoms with E-state index in [1.165, 1.54) is 42.6 Å². The van der Waals surface area contributed by atoms with E-state index in [0.29, 0.717) is 16.5 Å². The second-order valence-electron chi connectivity index (χ2n) is 7.55. The summed E-state index contributed by atoms with van der Waals surface area (Å²) in [5.74, 6) is -1.74. The minimum Gasteiger partial charge on any atom is -0.481 e. The fourth-order valence-corrected chi connectivity index (χ4v) is 4.57. The topological polar surface area (TPSA) is 95.2 Å². The van der Waals surface area contributed by atoms with Gasteiger partial charge in [-0.1, -0.05) is 6.07 Å². The molecule has 0 aliphatic carbocycles. The number of rotatable bonds is 6. The van der Waals surface area contributed by atoms with E-state index in [4.69, 9.17) is 4.74 Å². The van der Waals surface area contributed by atoms with E-state index in [9.17, 15) is 23.2 Å². The van der Waals surface area contributed by atoms with Crippen LogP contribution >= 0.6 is 11.8 Å². The van der Waals surface area contributed by atoms with Gasteiger partial charge in [-0.15, -0.1) is 11.8 Å². The van der Waals surface area contributed by atoms with Crippen LogP contribution in [0.25, 0.3) is 6.08 Å². The molecule has 0 spiro atoms. The van der Waals surface area contributed by atoms with Gasteiger partial charge in [0.25, 0.3) is 5.56 Å². The zero-order valence-corrected chi connectivity index (χ0v) is 19.1. The lowest BCUT2D eigenvalue weighted by molar-refractivity contribution is -0.117. The van der Waals surface area contributed by atoms with Crippen LogP contribution in [0.1, 0.15) is 16.7 Å². The molecule has 1 aromatic carbocycles.